The van der Waals surface area contributed by atoms with Crippen molar-refractivity contribution in [3.8, 4) is 0 Å². The van der Waals surface area contributed by atoms with E-state index in [0.717, 1.165) is 11.3 Å². The second kappa shape index (κ2) is 6.09. The van der Waals surface area contributed by atoms with E-state index in [1.807, 2.05) is 19.9 Å². The molecule has 0 fully saturated rings. The molecular formula is C16H18F2N2. The van der Waals surface area contributed by atoms with E-state index in [0.29, 0.717) is 12.1 Å². The van der Waals surface area contributed by atoms with Crippen LogP contribution >= 0.6 is 0 Å². The van der Waals surface area contributed by atoms with Gasteiger partial charge in [-0.2, -0.15) is 0 Å². The molecule has 0 amide bonds. The van der Waals surface area contributed by atoms with Crippen LogP contribution < -0.4 is 5.32 Å². The van der Waals surface area contributed by atoms with Gasteiger partial charge in [-0.05, 0) is 43.7 Å². The number of pyridine rings is 1. The van der Waals surface area contributed by atoms with Gasteiger partial charge in [-0.15, -0.1) is 0 Å². The Morgan fingerprint density at radius 2 is 1.95 bits per heavy atom. The zero-order chi connectivity index (χ0) is 14.7. The monoisotopic (exact) mass is 276 g/mol. The number of rotatable bonds is 4. The predicted molar refractivity (Wildman–Crippen MR) is 75.6 cm³/mol. The molecule has 0 aliphatic heterocycles. The third-order valence-corrected chi connectivity index (χ3v) is 3.38. The highest BCUT2D eigenvalue weighted by Gasteiger charge is 2.23. The molecule has 0 bridgehead atoms. The van der Waals surface area contributed by atoms with E-state index in [-0.39, 0.29) is 5.56 Å². The molecule has 2 nitrogen and oxygen atoms in total. The average Bonchev–Trinajstić information content (AvgIpc) is 2.43. The smallest absolute Gasteiger partial charge is 0.134 e. The van der Waals surface area contributed by atoms with Crippen LogP contribution in [0.5, 0.6) is 0 Å². The number of aromatic nitrogens is 1. The molecule has 0 saturated heterocycles. The van der Waals surface area contributed by atoms with Crippen molar-refractivity contribution >= 4 is 0 Å². The third kappa shape index (κ3) is 2.70. The minimum absolute atomic E-state index is 0.0583. The van der Waals surface area contributed by atoms with Crippen molar-refractivity contribution in [3.05, 3.63) is 64.5 Å². The van der Waals surface area contributed by atoms with Gasteiger partial charge in [0.05, 0.1) is 6.04 Å². The van der Waals surface area contributed by atoms with Gasteiger partial charge >= 0.3 is 0 Å². The summed E-state index contributed by atoms with van der Waals surface area (Å²) in [6.07, 6.45) is 1.67. The van der Waals surface area contributed by atoms with E-state index < -0.39 is 17.7 Å². The lowest BCUT2D eigenvalue weighted by atomic mass is 9.95. The Labute approximate surface area is 117 Å². The first kappa shape index (κ1) is 14.6. The minimum atomic E-state index is -0.540. The Bertz CT molecular complexity index is 611. The molecule has 0 saturated carbocycles. The van der Waals surface area contributed by atoms with E-state index in [9.17, 15) is 8.78 Å². The lowest BCUT2D eigenvalue weighted by molar-refractivity contribution is 0.505. The highest BCUT2D eigenvalue weighted by atomic mass is 19.1. The second-order valence-electron chi connectivity index (χ2n) is 4.76. The average molecular weight is 276 g/mol. The lowest BCUT2D eigenvalue weighted by Crippen LogP contribution is -2.25. The highest BCUT2D eigenvalue weighted by molar-refractivity contribution is 5.37. The molecule has 1 atom stereocenters. The predicted octanol–water partition coefficient (Wildman–Crippen LogP) is 3.68. The molecule has 2 aromatic rings. The molecule has 0 radical (unpaired) electrons. The number of nitrogens with zero attached hydrogens (tertiary/aromatic N) is 1. The number of aryl methyl sites for hydroxylation is 2. The molecule has 2 rings (SSSR count). The molecule has 1 N–H and O–H groups in total. The van der Waals surface area contributed by atoms with Gasteiger partial charge in [0.25, 0.3) is 0 Å². The Morgan fingerprint density at radius 3 is 2.60 bits per heavy atom. The minimum Gasteiger partial charge on any atom is -0.306 e. The SMILES string of the molecule is CCNC(c1cccnc1C)c1c(F)ccc(C)c1F. The molecule has 106 valence electrons. The molecule has 1 aromatic carbocycles. The van der Waals surface area contributed by atoms with Gasteiger partial charge in [0.1, 0.15) is 11.6 Å². The number of benzene rings is 1. The first-order valence-electron chi connectivity index (χ1n) is 6.65. The Balaban J connectivity index is 2.61. The van der Waals surface area contributed by atoms with Crippen LogP contribution in [0.2, 0.25) is 0 Å². The molecule has 1 heterocycles. The second-order valence-corrected chi connectivity index (χ2v) is 4.76. The van der Waals surface area contributed by atoms with Crippen LogP contribution in [0.3, 0.4) is 0 Å². The van der Waals surface area contributed by atoms with Gasteiger partial charge in [0, 0.05) is 17.5 Å². The van der Waals surface area contributed by atoms with Gasteiger partial charge in [0.2, 0.25) is 0 Å². The van der Waals surface area contributed by atoms with Crippen LogP contribution in [0.1, 0.15) is 35.3 Å². The number of hydrogen-bond acceptors (Lipinski definition) is 2. The molecule has 4 heteroatoms. The van der Waals surface area contributed by atoms with Crippen LogP contribution in [0.15, 0.2) is 30.5 Å². The fraction of sp³-hybridized carbons (Fsp3) is 0.312. The zero-order valence-electron chi connectivity index (χ0n) is 11.9. The van der Waals surface area contributed by atoms with Crippen molar-refractivity contribution < 1.29 is 8.78 Å². The van der Waals surface area contributed by atoms with Gasteiger partial charge in [0.15, 0.2) is 0 Å². The maximum absolute atomic E-state index is 14.4. The topological polar surface area (TPSA) is 24.9 Å². The lowest BCUT2D eigenvalue weighted by Gasteiger charge is -2.22. The van der Waals surface area contributed by atoms with Crippen LogP contribution in [0, 0.1) is 25.5 Å². The van der Waals surface area contributed by atoms with Crippen LogP contribution in [-0.4, -0.2) is 11.5 Å². The van der Waals surface area contributed by atoms with Crippen molar-refractivity contribution in [1.29, 1.82) is 0 Å². The van der Waals surface area contributed by atoms with Crippen LogP contribution in [-0.2, 0) is 0 Å². The Hall–Kier alpha value is -1.81. The number of nitrogens with one attached hydrogen (secondary N) is 1. The maximum atomic E-state index is 14.4. The summed E-state index contributed by atoms with van der Waals surface area (Å²) in [5, 5.41) is 3.14. The molecule has 1 unspecified atom stereocenters. The summed E-state index contributed by atoms with van der Waals surface area (Å²) in [6, 6.07) is 5.85. The summed E-state index contributed by atoms with van der Waals surface area (Å²) in [6.45, 7) is 5.98. The molecular weight excluding hydrogens is 258 g/mol. The van der Waals surface area contributed by atoms with E-state index in [1.165, 1.54) is 12.1 Å². The van der Waals surface area contributed by atoms with Crippen LogP contribution in [0.25, 0.3) is 0 Å². The normalized spacial score (nSPS) is 12.4. The molecule has 0 aliphatic carbocycles. The Morgan fingerprint density at radius 1 is 1.20 bits per heavy atom. The third-order valence-electron chi connectivity index (χ3n) is 3.38. The summed E-state index contributed by atoms with van der Waals surface area (Å²) in [4.78, 5) is 4.20. The quantitative estimate of drug-likeness (QED) is 0.921. The van der Waals surface area contributed by atoms with Crippen molar-refractivity contribution in [2.24, 2.45) is 0 Å². The maximum Gasteiger partial charge on any atom is 0.134 e. The van der Waals surface area contributed by atoms with Crippen molar-refractivity contribution in [1.82, 2.24) is 10.3 Å². The summed E-state index contributed by atoms with van der Waals surface area (Å²) >= 11 is 0. The van der Waals surface area contributed by atoms with Gasteiger partial charge in [-0.25, -0.2) is 8.78 Å². The molecule has 0 aliphatic rings. The van der Waals surface area contributed by atoms with Crippen LogP contribution in [0.4, 0.5) is 8.78 Å². The summed E-state index contributed by atoms with van der Waals surface area (Å²) in [7, 11) is 0. The molecule has 1 aromatic heterocycles. The first-order valence-corrected chi connectivity index (χ1v) is 6.65. The fourth-order valence-corrected chi connectivity index (χ4v) is 2.32. The van der Waals surface area contributed by atoms with Gasteiger partial charge in [-0.3, -0.25) is 4.98 Å². The summed E-state index contributed by atoms with van der Waals surface area (Å²) in [5.41, 5.74) is 2.05. The zero-order valence-corrected chi connectivity index (χ0v) is 11.9. The Kier molecular flexibility index (Phi) is 4.45. The summed E-state index contributed by atoms with van der Waals surface area (Å²) in [5.74, 6) is -1.04. The largest absolute Gasteiger partial charge is 0.306 e. The molecule has 20 heavy (non-hydrogen) atoms. The van der Waals surface area contributed by atoms with E-state index in [4.69, 9.17) is 0 Å². The van der Waals surface area contributed by atoms with Crippen molar-refractivity contribution in [2.45, 2.75) is 26.8 Å². The number of hydrogen-bond donors (Lipinski definition) is 1. The van der Waals surface area contributed by atoms with Crippen molar-refractivity contribution in [2.75, 3.05) is 6.54 Å². The highest BCUT2D eigenvalue weighted by Crippen LogP contribution is 2.29. The summed E-state index contributed by atoms with van der Waals surface area (Å²) < 4.78 is 28.5. The fourth-order valence-electron chi connectivity index (χ4n) is 2.32. The van der Waals surface area contributed by atoms with E-state index in [1.54, 1.807) is 19.2 Å². The van der Waals surface area contributed by atoms with Gasteiger partial charge < -0.3 is 5.32 Å². The number of halogens is 2. The standard InChI is InChI=1S/C16H18F2N2/c1-4-19-16(12-6-5-9-20-11(12)3)14-13(17)8-7-10(2)15(14)18/h5-9,16,19H,4H2,1-3H3. The van der Waals surface area contributed by atoms with Gasteiger partial charge in [-0.1, -0.05) is 19.1 Å². The van der Waals surface area contributed by atoms with E-state index >= 15 is 0 Å². The molecule has 0 spiro atoms. The van der Waals surface area contributed by atoms with Crippen molar-refractivity contribution in [3.63, 3.8) is 0 Å². The van der Waals surface area contributed by atoms with E-state index in [2.05, 4.69) is 10.3 Å². The first-order chi connectivity index (χ1) is 9.56.